The van der Waals surface area contributed by atoms with E-state index >= 15 is 0 Å². The predicted molar refractivity (Wildman–Crippen MR) is 78.4 cm³/mol. The van der Waals surface area contributed by atoms with Gasteiger partial charge in [-0.3, -0.25) is 9.67 Å². The lowest BCUT2D eigenvalue weighted by Crippen LogP contribution is -2.09. The summed E-state index contributed by atoms with van der Waals surface area (Å²) < 4.78 is 1.84. The summed E-state index contributed by atoms with van der Waals surface area (Å²) in [5.41, 5.74) is 3.37. The Morgan fingerprint density at radius 2 is 2.05 bits per heavy atom. The number of para-hydroxylation sites is 1. The molecule has 102 valence electrons. The number of pyridine rings is 1. The Bertz CT molecular complexity index is 743. The lowest BCUT2D eigenvalue weighted by Gasteiger charge is -2.14. The van der Waals surface area contributed by atoms with Crippen LogP contribution in [0, 0.1) is 6.92 Å². The largest absolute Gasteiger partial charge is 0.382 e. The molecular weight excluding hydrogens is 250 g/mol. The first kappa shape index (κ1) is 12.8. The van der Waals surface area contributed by atoms with Crippen molar-refractivity contribution in [2.24, 2.45) is 0 Å². The Labute approximate surface area is 117 Å². The summed E-state index contributed by atoms with van der Waals surface area (Å²) in [6, 6.07) is 11.7. The van der Waals surface area contributed by atoms with Crippen molar-refractivity contribution in [2.75, 3.05) is 0 Å². The van der Waals surface area contributed by atoms with Crippen molar-refractivity contribution >= 4 is 10.9 Å². The Balaban J connectivity index is 2.15. The van der Waals surface area contributed by atoms with E-state index in [2.05, 4.69) is 10.1 Å². The van der Waals surface area contributed by atoms with Crippen molar-refractivity contribution in [2.45, 2.75) is 26.5 Å². The molecule has 0 aliphatic rings. The zero-order valence-electron chi connectivity index (χ0n) is 11.6. The van der Waals surface area contributed by atoms with Crippen molar-refractivity contribution in [3.63, 3.8) is 0 Å². The van der Waals surface area contributed by atoms with Gasteiger partial charge in [0.15, 0.2) is 0 Å². The minimum absolute atomic E-state index is 0.713. The van der Waals surface area contributed by atoms with Gasteiger partial charge >= 0.3 is 0 Å². The van der Waals surface area contributed by atoms with Crippen LogP contribution in [0.1, 0.15) is 30.0 Å². The molecule has 4 heteroatoms. The van der Waals surface area contributed by atoms with Crippen LogP contribution in [0.3, 0.4) is 0 Å². The molecule has 1 aromatic carbocycles. The molecule has 4 nitrogen and oxygen atoms in total. The van der Waals surface area contributed by atoms with E-state index in [-0.39, 0.29) is 0 Å². The molecular formula is C16H17N3O. The molecule has 0 bridgehead atoms. The molecule has 2 heterocycles. The van der Waals surface area contributed by atoms with Crippen LogP contribution < -0.4 is 0 Å². The van der Waals surface area contributed by atoms with Crippen molar-refractivity contribution in [1.82, 2.24) is 14.8 Å². The van der Waals surface area contributed by atoms with E-state index in [0.29, 0.717) is 0 Å². The van der Waals surface area contributed by atoms with Gasteiger partial charge in [0.1, 0.15) is 6.10 Å². The smallest absolute Gasteiger partial charge is 0.123 e. The fraction of sp³-hybridized carbons (Fsp3) is 0.250. The van der Waals surface area contributed by atoms with Crippen LogP contribution in [-0.2, 0) is 6.54 Å². The molecule has 0 spiro atoms. The second-order valence-corrected chi connectivity index (χ2v) is 4.85. The maximum absolute atomic E-state index is 10.7. The van der Waals surface area contributed by atoms with Crippen LogP contribution in [-0.4, -0.2) is 19.9 Å². The monoisotopic (exact) mass is 267 g/mol. The zero-order chi connectivity index (χ0) is 14.1. The summed E-state index contributed by atoms with van der Waals surface area (Å²) in [5.74, 6) is 0. The third-order valence-corrected chi connectivity index (χ3v) is 3.47. The number of hydrogen-bond donors (Lipinski definition) is 1. The minimum Gasteiger partial charge on any atom is -0.382 e. The van der Waals surface area contributed by atoms with Gasteiger partial charge in [0.25, 0.3) is 0 Å². The van der Waals surface area contributed by atoms with Gasteiger partial charge < -0.3 is 5.11 Å². The maximum Gasteiger partial charge on any atom is 0.123 e. The van der Waals surface area contributed by atoms with Crippen molar-refractivity contribution < 1.29 is 5.11 Å². The topological polar surface area (TPSA) is 50.9 Å². The van der Waals surface area contributed by atoms with Crippen LogP contribution in [0.5, 0.6) is 0 Å². The highest BCUT2D eigenvalue weighted by atomic mass is 16.3. The minimum atomic E-state index is -0.713. The van der Waals surface area contributed by atoms with E-state index in [9.17, 15) is 5.11 Å². The molecule has 0 radical (unpaired) electrons. The molecule has 0 saturated carbocycles. The van der Waals surface area contributed by atoms with Crippen molar-refractivity contribution in [1.29, 1.82) is 0 Å². The van der Waals surface area contributed by atoms with Gasteiger partial charge in [-0.1, -0.05) is 24.3 Å². The van der Waals surface area contributed by atoms with Crippen LogP contribution >= 0.6 is 0 Å². The quantitative estimate of drug-likeness (QED) is 0.794. The second-order valence-electron chi connectivity index (χ2n) is 4.85. The van der Waals surface area contributed by atoms with Gasteiger partial charge in [0.05, 0.1) is 16.9 Å². The van der Waals surface area contributed by atoms with Gasteiger partial charge in [-0.15, -0.1) is 0 Å². The Morgan fingerprint density at radius 3 is 2.85 bits per heavy atom. The van der Waals surface area contributed by atoms with Crippen molar-refractivity contribution in [3.8, 4) is 0 Å². The fourth-order valence-electron chi connectivity index (χ4n) is 2.55. The molecule has 0 aliphatic heterocycles. The second kappa shape index (κ2) is 5.06. The first-order chi connectivity index (χ1) is 9.70. The predicted octanol–water partition coefficient (Wildman–Crippen LogP) is 2.84. The summed E-state index contributed by atoms with van der Waals surface area (Å²) in [4.78, 5) is 4.40. The van der Waals surface area contributed by atoms with Crippen LogP contribution in [0.4, 0.5) is 0 Å². The number of aryl methyl sites for hydroxylation is 2. The Morgan fingerprint density at radius 1 is 1.25 bits per heavy atom. The lowest BCUT2D eigenvalue weighted by molar-refractivity contribution is 0.209. The van der Waals surface area contributed by atoms with E-state index in [0.717, 1.165) is 34.4 Å². The van der Waals surface area contributed by atoms with Gasteiger partial charge in [-0.05, 0) is 26.0 Å². The molecule has 1 unspecified atom stereocenters. The van der Waals surface area contributed by atoms with E-state index in [1.165, 1.54) is 0 Å². The molecule has 1 atom stereocenters. The van der Waals surface area contributed by atoms with Gasteiger partial charge in [-0.2, -0.15) is 5.10 Å². The number of aliphatic hydroxyl groups is 1. The summed E-state index contributed by atoms with van der Waals surface area (Å²) in [6.45, 7) is 4.69. The molecule has 1 N–H and O–H groups in total. The molecule has 20 heavy (non-hydrogen) atoms. The van der Waals surface area contributed by atoms with Gasteiger partial charge in [0.2, 0.25) is 0 Å². The van der Waals surface area contributed by atoms with E-state index < -0.39 is 6.10 Å². The third-order valence-electron chi connectivity index (χ3n) is 3.47. The van der Waals surface area contributed by atoms with Crippen molar-refractivity contribution in [3.05, 3.63) is 59.5 Å². The molecule has 3 rings (SSSR count). The summed E-state index contributed by atoms with van der Waals surface area (Å²) in [5, 5.41) is 16.1. The Kier molecular flexibility index (Phi) is 3.24. The summed E-state index contributed by atoms with van der Waals surface area (Å²) >= 11 is 0. The van der Waals surface area contributed by atoms with Gasteiger partial charge in [0, 0.05) is 23.7 Å². The number of fused-ring (bicyclic) bond motifs is 1. The lowest BCUT2D eigenvalue weighted by atomic mass is 10.0. The van der Waals surface area contributed by atoms with Gasteiger partial charge in [-0.25, -0.2) is 0 Å². The maximum atomic E-state index is 10.7. The normalized spacial score (nSPS) is 12.8. The average Bonchev–Trinajstić information content (AvgIpc) is 2.87. The van der Waals surface area contributed by atoms with Crippen LogP contribution in [0.25, 0.3) is 10.9 Å². The highest BCUT2D eigenvalue weighted by molar-refractivity contribution is 5.82. The standard InChI is InChI=1S/C16H17N3O/c1-3-19-14(10-11(2)18-19)16(20)13-8-4-6-12-7-5-9-17-15(12)13/h4-10,16,20H,3H2,1-2H3. The van der Waals surface area contributed by atoms with Crippen LogP contribution in [0.15, 0.2) is 42.6 Å². The van der Waals surface area contributed by atoms with Crippen LogP contribution in [0.2, 0.25) is 0 Å². The molecule has 0 fully saturated rings. The Hall–Kier alpha value is -2.20. The highest BCUT2D eigenvalue weighted by Gasteiger charge is 2.18. The SMILES string of the molecule is CCn1nc(C)cc1C(O)c1cccc2cccnc12. The molecule has 3 aromatic rings. The number of nitrogens with zero attached hydrogens (tertiary/aromatic N) is 3. The molecule has 0 aliphatic carbocycles. The molecule has 2 aromatic heterocycles. The average molecular weight is 267 g/mol. The zero-order valence-corrected chi connectivity index (χ0v) is 11.6. The number of aromatic nitrogens is 3. The first-order valence-electron chi connectivity index (χ1n) is 6.76. The highest BCUT2D eigenvalue weighted by Crippen LogP contribution is 2.28. The number of hydrogen-bond acceptors (Lipinski definition) is 3. The summed E-state index contributed by atoms with van der Waals surface area (Å²) in [6.07, 6.45) is 1.04. The van der Waals surface area contributed by atoms with E-state index in [4.69, 9.17) is 0 Å². The fourth-order valence-corrected chi connectivity index (χ4v) is 2.55. The third kappa shape index (κ3) is 2.08. The van der Waals surface area contributed by atoms with E-state index in [1.807, 2.05) is 54.9 Å². The molecule has 0 saturated heterocycles. The van der Waals surface area contributed by atoms with E-state index in [1.54, 1.807) is 6.20 Å². The first-order valence-corrected chi connectivity index (χ1v) is 6.76. The molecule has 0 amide bonds. The summed E-state index contributed by atoms with van der Waals surface area (Å²) in [7, 11) is 0. The number of aliphatic hydroxyl groups excluding tert-OH is 1. The number of rotatable bonds is 3. The number of benzene rings is 1.